The molecule has 1 rings (SSSR count). The van der Waals surface area contributed by atoms with E-state index in [0.717, 1.165) is 31.6 Å². The van der Waals surface area contributed by atoms with Gasteiger partial charge < -0.3 is 4.74 Å². The van der Waals surface area contributed by atoms with E-state index in [1.165, 1.54) is 13.2 Å². The fourth-order valence-corrected chi connectivity index (χ4v) is 1.82. The number of methoxy groups -OCH3 is 1. The number of nitrogens with zero attached hydrogens (tertiary/aromatic N) is 1. The Labute approximate surface area is 107 Å². The van der Waals surface area contributed by atoms with Crippen LogP contribution in [0.4, 0.5) is 4.39 Å². The van der Waals surface area contributed by atoms with E-state index in [4.69, 9.17) is 16.3 Å². The van der Waals surface area contributed by atoms with Gasteiger partial charge in [-0.25, -0.2) is 4.39 Å². The van der Waals surface area contributed by atoms with Crippen LogP contribution in [-0.2, 0) is 6.54 Å². The highest BCUT2D eigenvalue weighted by Gasteiger charge is 2.07. The van der Waals surface area contributed by atoms with E-state index < -0.39 is 0 Å². The highest BCUT2D eigenvalue weighted by atomic mass is 35.5. The maximum Gasteiger partial charge on any atom is 0.165 e. The topological polar surface area (TPSA) is 12.5 Å². The van der Waals surface area contributed by atoms with Crippen molar-refractivity contribution in [3.8, 4) is 5.75 Å². The molecule has 0 saturated carbocycles. The highest BCUT2D eigenvalue weighted by Crippen LogP contribution is 2.18. The van der Waals surface area contributed by atoms with E-state index in [1.807, 2.05) is 6.07 Å². The van der Waals surface area contributed by atoms with Crippen molar-refractivity contribution in [2.75, 3.05) is 26.1 Å². The lowest BCUT2D eigenvalue weighted by molar-refractivity contribution is 0.280. The van der Waals surface area contributed by atoms with Gasteiger partial charge in [0.15, 0.2) is 11.6 Å². The first-order valence-electron chi connectivity index (χ1n) is 5.82. The number of rotatable bonds is 7. The minimum Gasteiger partial charge on any atom is -0.494 e. The molecule has 0 saturated heterocycles. The first-order chi connectivity index (χ1) is 8.21. The van der Waals surface area contributed by atoms with Gasteiger partial charge in [0.1, 0.15) is 0 Å². The van der Waals surface area contributed by atoms with E-state index in [1.54, 1.807) is 6.07 Å². The predicted molar refractivity (Wildman–Crippen MR) is 69.2 cm³/mol. The number of ether oxygens (including phenoxy) is 1. The number of hydrogen-bond donors (Lipinski definition) is 0. The standard InChI is InChI=1S/C13H19ClFNO/c1-3-16(8-4-7-14)10-11-5-6-13(17-2)12(15)9-11/h5-6,9H,3-4,7-8,10H2,1-2H3. The van der Waals surface area contributed by atoms with Gasteiger partial charge in [-0.3, -0.25) is 4.90 Å². The summed E-state index contributed by atoms with van der Waals surface area (Å²) in [7, 11) is 1.47. The third-order valence-corrected chi connectivity index (χ3v) is 2.94. The lowest BCUT2D eigenvalue weighted by atomic mass is 10.2. The van der Waals surface area contributed by atoms with Crippen molar-refractivity contribution >= 4 is 11.6 Å². The minimum absolute atomic E-state index is 0.289. The van der Waals surface area contributed by atoms with Crippen LogP contribution in [0.3, 0.4) is 0 Å². The Bertz CT molecular complexity index is 346. The summed E-state index contributed by atoms with van der Waals surface area (Å²) in [6.07, 6.45) is 0.952. The van der Waals surface area contributed by atoms with E-state index in [9.17, 15) is 4.39 Å². The van der Waals surface area contributed by atoms with Gasteiger partial charge in [-0.1, -0.05) is 13.0 Å². The van der Waals surface area contributed by atoms with Crippen LogP contribution in [0, 0.1) is 5.82 Å². The lowest BCUT2D eigenvalue weighted by Crippen LogP contribution is -2.24. The van der Waals surface area contributed by atoms with Crippen LogP contribution in [0.1, 0.15) is 18.9 Å². The Hall–Kier alpha value is -0.800. The van der Waals surface area contributed by atoms with Crippen LogP contribution in [0.5, 0.6) is 5.75 Å². The molecule has 0 atom stereocenters. The van der Waals surface area contributed by atoms with Crippen molar-refractivity contribution < 1.29 is 9.13 Å². The van der Waals surface area contributed by atoms with Gasteiger partial charge in [-0.15, -0.1) is 11.6 Å². The molecule has 0 bridgehead atoms. The van der Waals surface area contributed by atoms with Crippen molar-refractivity contribution in [2.45, 2.75) is 19.9 Å². The van der Waals surface area contributed by atoms with Gasteiger partial charge in [0, 0.05) is 12.4 Å². The molecule has 0 unspecified atom stereocenters. The third-order valence-electron chi connectivity index (χ3n) is 2.68. The first kappa shape index (κ1) is 14.3. The molecule has 0 amide bonds. The highest BCUT2D eigenvalue weighted by molar-refractivity contribution is 6.17. The molecular formula is C13H19ClFNO. The molecular weight excluding hydrogens is 241 g/mol. The summed E-state index contributed by atoms with van der Waals surface area (Å²) in [5, 5.41) is 0. The quantitative estimate of drug-likeness (QED) is 0.697. The van der Waals surface area contributed by atoms with Crippen LogP contribution < -0.4 is 4.74 Å². The molecule has 0 aliphatic rings. The SMILES string of the molecule is CCN(CCCCl)Cc1ccc(OC)c(F)c1. The molecule has 0 spiro atoms. The molecule has 2 nitrogen and oxygen atoms in total. The summed E-state index contributed by atoms with van der Waals surface area (Å²) in [5.41, 5.74) is 0.958. The van der Waals surface area contributed by atoms with Gasteiger partial charge in [0.05, 0.1) is 7.11 Å². The summed E-state index contributed by atoms with van der Waals surface area (Å²) < 4.78 is 18.4. The monoisotopic (exact) mass is 259 g/mol. The second-order valence-corrected chi connectivity index (χ2v) is 4.26. The second-order valence-electron chi connectivity index (χ2n) is 3.88. The van der Waals surface area contributed by atoms with Crippen LogP contribution >= 0.6 is 11.6 Å². The molecule has 17 heavy (non-hydrogen) atoms. The van der Waals surface area contributed by atoms with Crippen molar-refractivity contribution in [3.63, 3.8) is 0 Å². The number of halogens is 2. The molecule has 4 heteroatoms. The van der Waals surface area contributed by atoms with E-state index in [-0.39, 0.29) is 11.6 Å². The number of alkyl halides is 1. The van der Waals surface area contributed by atoms with E-state index in [2.05, 4.69) is 11.8 Å². The van der Waals surface area contributed by atoms with Crippen molar-refractivity contribution in [3.05, 3.63) is 29.6 Å². The fourth-order valence-electron chi connectivity index (χ4n) is 1.70. The zero-order valence-electron chi connectivity index (χ0n) is 10.4. The molecule has 0 fully saturated rings. The van der Waals surface area contributed by atoms with Crippen LogP contribution in [0.2, 0.25) is 0 Å². The van der Waals surface area contributed by atoms with E-state index in [0.29, 0.717) is 5.88 Å². The largest absolute Gasteiger partial charge is 0.494 e. The molecule has 1 aromatic rings. The second kappa shape index (κ2) is 7.51. The van der Waals surface area contributed by atoms with Crippen molar-refractivity contribution in [2.24, 2.45) is 0 Å². The summed E-state index contributed by atoms with van der Waals surface area (Å²) in [6.45, 7) is 4.71. The maximum atomic E-state index is 13.5. The van der Waals surface area contributed by atoms with Gasteiger partial charge in [-0.2, -0.15) is 0 Å². The predicted octanol–water partition coefficient (Wildman–Crippen LogP) is 3.29. The smallest absolute Gasteiger partial charge is 0.165 e. The number of benzene rings is 1. The molecule has 0 aliphatic carbocycles. The van der Waals surface area contributed by atoms with Crippen molar-refractivity contribution in [1.82, 2.24) is 4.90 Å². The maximum absolute atomic E-state index is 13.5. The Morgan fingerprint density at radius 1 is 1.41 bits per heavy atom. The Morgan fingerprint density at radius 3 is 2.71 bits per heavy atom. The zero-order valence-corrected chi connectivity index (χ0v) is 11.1. The Kier molecular flexibility index (Phi) is 6.30. The lowest BCUT2D eigenvalue weighted by Gasteiger charge is -2.20. The molecule has 0 heterocycles. The summed E-state index contributed by atoms with van der Waals surface area (Å²) >= 11 is 5.67. The molecule has 96 valence electrons. The average Bonchev–Trinajstić information content (AvgIpc) is 2.34. The molecule has 0 radical (unpaired) electrons. The van der Waals surface area contributed by atoms with Gasteiger partial charge >= 0.3 is 0 Å². The summed E-state index contributed by atoms with van der Waals surface area (Å²) in [6, 6.07) is 5.09. The Morgan fingerprint density at radius 2 is 2.18 bits per heavy atom. The fraction of sp³-hybridized carbons (Fsp3) is 0.538. The molecule has 0 aliphatic heterocycles. The van der Waals surface area contributed by atoms with Gasteiger partial charge in [-0.05, 0) is 37.2 Å². The van der Waals surface area contributed by atoms with Crippen LogP contribution in [-0.4, -0.2) is 31.0 Å². The minimum atomic E-state index is -0.307. The van der Waals surface area contributed by atoms with E-state index >= 15 is 0 Å². The van der Waals surface area contributed by atoms with Gasteiger partial charge in [0.2, 0.25) is 0 Å². The summed E-state index contributed by atoms with van der Waals surface area (Å²) in [5.74, 6) is 0.643. The summed E-state index contributed by atoms with van der Waals surface area (Å²) in [4.78, 5) is 2.24. The normalized spacial score (nSPS) is 10.9. The Balaban J connectivity index is 2.63. The molecule has 0 aromatic heterocycles. The van der Waals surface area contributed by atoms with Crippen molar-refractivity contribution in [1.29, 1.82) is 0 Å². The average molecular weight is 260 g/mol. The number of hydrogen-bond acceptors (Lipinski definition) is 2. The van der Waals surface area contributed by atoms with Crippen LogP contribution in [0.25, 0.3) is 0 Å². The third kappa shape index (κ3) is 4.52. The van der Waals surface area contributed by atoms with Crippen LogP contribution in [0.15, 0.2) is 18.2 Å². The van der Waals surface area contributed by atoms with Gasteiger partial charge in [0.25, 0.3) is 0 Å². The zero-order chi connectivity index (χ0) is 12.7. The molecule has 0 N–H and O–H groups in total. The first-order valence-corrected chi connectivity index (χ1v) is 6.35. The molecule has 1 aromatic carbocycles.